The Labute approximate surface area is 90.6 Å². The minimum absolute atomic E-state index is 0.0618. The lowest BCUT2D eigenvalue weighted by Crippen LogP contribution is -2.11. The zero-order valence-corrected chi connectivity index (χ0v) is 9.22. The van der Waals surface area contributed by atoms with Crippen molar-refractivity contribution >= 4 is 11.6 Å². The highest BCUT2D eigenvalue weighted by Gasteiger charge is 2.08. The molecule has 0 aromatic heterocycles. The summed E-state index contributed by atoms with van der Waals surface area (Å²) in [5, 5.41) is 0.750. The third kappa shape index (κ3) is 2.86. The van der Waals surface area contributed by atoms with Gasteiger partial charge in [-0.2, -0.15) is 0 Å². The van der Waals surface area contributed by atoms with Crippen LogP contribution in [0.5, 0.6) is 0 Å². The van der Waals surface area contributed by atoms with E-state index in [1.165, 1.54) is 5.56 Å². The van der Waals surface area contributed by atoms with Gasteiger partial charge in [0.05, 0.1) is 0 Å². The monoisotopic (exact) mass is 209 g/mol. The van der Waals surface area contributed by atoms with Crippen molar-refractivity contribution in [3.8, 4) is 0 Å². The number of nitrogens with two attached hydrogens (primary N) is 1. The quantitative estimate of drug-likeness (QED) is 0.754. The first-order valence-electron chi connectivity index (χ1n) is 4.77. The number of hydrogen-bond donors (Lipinski definition) is 1. The second-order valence-corrected chi connectivity index (χ2v) is 3.91. The summed E-state index contributed by atoms with van der Waals surface area (Å²) in [4.78, 5) is 0. The minimum atomic E-state index is 0.0618. The Kier molecular flexibility index (Phi) is 4.18. The molecule has 1 aromatic rings. The van der Waals surface area contributed by atoms with E-state index >= 15 is 0 Å². The Morgan fingerprint density at radius 3 is 2.93 bits per heavy atom. The molecule has 0 radical (unpaired) electrons. The van der Waals surface area contributed by atoms with E-state index in [-0.39, 0.29) is 6.04 Å². The fourth-order valence-electron chi connectivity index (χ4n) is 1.46. The van der Waals surface area contributed by atoms with Gasteiger partial charge in [-0.1, -0.05) is 23.7 Å². The molecule has 0 aliphatic heterocycles. The molecule has 0 heterocycles. The molecule has 0 spiro atoms. The van der Waals surface area contributed by atoms with Gasteiger partial charge in [0.25, 0.3) is 0 Å². The summed E-state index contributed by atoms with van der Waals surface area (Å²) in [5.74, 6) is 0. The first-order valence-corrected chi connectivity index (χ1v) is 5.15. The van der Waals surface area contributed by atoms with E-state index in [9.17, 15) is 0 Å². The first kappa shape index (κ1) is 11.3. The van der Waals surface area contributed by atoms with E-state index in [1.54, 1.807) is 0 Å². The number of benzene rings is 1. The van der Waals surface area contributed by atoms with Crippen LogP contribution in [0.15, 0.2) is 30.9 Å². The van der Waals surface area contributed by atoms with Crippen molar-refractivity contribution in [1.82, 2.24) is 0 Å². The van der Waals surface area contributed by atoms with Crippen LogP contribution in [0.25, 0.3) is 0 Å². The lowest BCUT2D eigenvalue weighted by Gasteiger charge is -2.14. The van der Waals surface area contributed by atoms with Crippen molar-refractivity contribution in [1.29, 1.82) is 0 Å². The van der Waals surface area contributed by atoms with Gasteiger partial charge in [0.15, 0.2) is 0 Å². The molecule has 76 valence electrons. The largest absolute Gasteiger partial charge is 0.324 e. The van der Waals surface area contributed by atoms with Gasteiger partial charge in [-0.15, -0.1) is 6.58 Å². The average molecular weight is 210 g/mol. The SMILES string of the molecule is C=CCCC(N)c1cc(Cl)ccc1C. The number of aryl methyl sites for hydroxylation is 1. The maximum atomic E-state index is 6.04. The molecular weight excluding hydrogens is 194 g/mol. The molecular formula is C12H16ClN. The standard InChI is InChI=1S/C12H16ClN/c1-3-4-5-12(14)11-8-10(13)7-6-9(11)2/h3,6-8,12H,1,4-5,14H2,2H3. The third-order valence-electron chi connectivity index (χ3n) is 2.32. The summed E-state index contributed by atoms with van der Waals surface area (Å²) in [6.07, 6.45) is 3.75. The van der Waals surface area contributed by atoms with Gasteiger partial charge < -0.3 is 5.73 Å². The molecule has 1 atom stereocenters. The van der Waals surface area contributed by atoms with Gasteiger partial charge >= 0.3 is 0 Å². The highest BCUT2D eigenvalue weighted by atomic mass is 35.5. The highest BCUT2D eigenvalue weighted by Crippen LogP contribution is 2.23. The maximum absolute atomic E-state index is 6.04. The predicted molar refractivity (Wildman–Crippen MR) is 62.5 cm³/mol. The fraction of sp³-hybridized carbons (Fsp3) is 0.333. The van der Waals surface area contributed by atoms with E-state index in [0.717, 1.165) is 23.4 Å². The third-order valence-corrected chi connectivity index (χ3v) is 2.56. The second-order valence-electron chi connectivity index (χ2n) is 3.47. The molecule has 1 aromatic carbocycles. The van der Waals surface area contributed by atoms with Crippen LogP contribution in [0.1, 0.15) is 30.0 Å². The summed E-state index contributed by atoms with van der Waals surface area (Å²) >= 11 is 5.92. The summed E-state index contributed by atoms with van der Waals surface area (Å²) in [6.45, 7) is 5.74. The van der Waals surface area contributed by atoms with Crippen LogP contribution in [-0.2, 0) is 0 Å². The van der Waals surface area contributed by atoms with E-state index in [1.807, 2.05) is 24.3 Å². The van der Waals surface area contributed by atoms with Gasteiger partial charge in [-0.3, -0.25) is 0 Å². The van der Waals surface area contributed by atoms with Gasteiger partial charge in [0.2, 0.25) is 0 Å². The lowest BCUT2D eigenvalue weighted by atomic mass is 9.98. The Balaban J connectivity index is 2.82. The second kappa shape index (κ2) is 5.18. The zero-order chi connectivity index (χ0) is 10.6. The number of halogens is 1. The normalized spacial score (nSPS) is 12.5. The van der Waals surface area contributed by atoms with E-state index in [2.05, 4.69) is 13.5 Å². The highest BCUT2D eigenvalue weighted by molar-refractivity contribution is 6.30. The number of rotatable bonds is 4. The Hall–Kier alpha value is -0.790. The Bertz CT molecular complexity index is 320. The molecule has 1 nitrogen and oxygen atoms in total. The molecule has 1 rings (SSSR count). The van der Waals surface area contributed by atoms with E-state index < -0.39 is 0 Å². The molecule has 2 heteroatoms. The van der Waals surface area contributed by atoms with Crippen LogP contribution in [0.2, 0.25) is 5.02 Å². The summed E-state index contributed by atoms with van der Waals surface area (Å²) in [7, 11) is 0. The average Bonchev–Trinajstić information content (AvgIpc) is 2.18. The van der Waals surface area contributed by atoms with Crippen LogP contribution < -0.4 is 5.73 Å². The van der Waals surface area contributed by atoms with Gasteiger partial charge in [0, 0.05) is 11.1 Å². The molecule has 0 aliphatic rings. The molecule has 0 saturated carbocycles. The molecule has 2 N–H and O–H groups in total. The predicted octanol–water partition coefficient (Wildman–Crippen LogP) is 3.61. The summed E-state index contributed by atoms with van der Waals surface area (Å²) in [6, 6.07) is 5.91. The molecule has 0 aliphatic carbocycles. The van der Waals surface area contributed by atoms with Crippen molar-refractivity contribution in [2.45, 2.75) is 25.8 Å². The van der Waals surface area contributed by atoms with E-state index in [4.69, 9.17) is 17.3 Å². The first-order chi connectivity index (χ1) is 6.65. The minimum Gasteiger partial charge on any atom is -0.324 e. The van der Waals surface area contributed by atoms with Crippen molar-refractivity contribution in [2.24, 2.45) is 5.73 Å². The van der Waals surface area contributed by atoms with Crippen LogP contribution in [0, 0.1) is 6.92 Å². The van der Waals surface area contributed by atoms with Crippen LogP contribution in [0.3, 0.4) is 0 Å². The lowest BCUT2D eigenvalue weighted by molar-refractivity contribution is 0.658. The Morgan fingerprint density at radius 1 is 1.57 bits per heavy atom. The van der Waals surface area contributed by atoms with Crippen molar-refractivity contribution in [2.75, 3.05) is 0 Å². The smallest absolute Gasteiger partial charge is 0.0409 e. The van der Waals surface area contributed by atoms with Gasteiger partial charge in [-0.05, 0) is 43.0 Å². The molecule has 0 amide bonds. The Morgan fingerprint density at radius 2 is 2.29 bits per heavy atom. The number of allylic oxidation sites excluding steroid dienone is 1. The van der Waals surface area contributed by atoms with E-state index in [0.29, 0.717) is 0 Å². The summed E-state index contributed by atoms with van der Waals surface area (Å²) < 4.78 is 0. The van der Waals surface area contributed by atoms with Crippen molar-refractivity contribution in [3.05, 3.63) is 47.0 Å². The zero-order valence-electron chi connectivity index (χ0n) is 8.46. The van der Waals surface area contributed by atoms with Crippen LogP contribution in [-0.4, -0.2) is 0 Å². The van der Waals surface area contributed by atoms with Gasteiger partial charge in [0.1, 0.15) is 0 Å². The van der Waals surface area contributed by atoms with Gasteiger partial charge in [-0.25, -0.2) is 0 Å². The van der Waals surface area contributed by atoms with Crippen LogP contribution in [0.4, 0.5) is 0 Å². The number of hydrogen-bond acceptors (Lipinski definition) is 1. The molecule has 0 bridgehead atoms. The molecule has 14 heavy (non-hydrogen) atoms. The summed E-state index contributed by atoms with van der Waals surface area (Å²) in [5.41, 5.74) is 8.38. The maximum Gasteiger partial charge on any atom is 0.0409 e. The van der Waals surface area contributed by atoms with Crippen molar-refractivity contribution < 1.29 is 0 Å². The fourth-order valence-corrected chi connectivity index (χ4v) is 1.64. The molecule has 1 unspecified atom stereocenters. The molecule has 0 fully saturated rings. The van der Waals surface area contributed by atoms with Crippen molar-refractivity contribution in [3.63, 3.8) is 0 Å². The molecule has 0 saturated heterocycles. The van der Waals surface area contributed by atoms with Crippen LogP contribution >= 0.6 is 11.6 Å². The topological polar surface area (TPSA) is 26.0 Å².